The van der Waals surface area contributed by atoms with E-state index in [0.717, 1.165) is 37.0 Å². The van der Waals surface area contributed by atoms with Crippen LogP contribution in [0.4, 0.5) is 0 Å². The molecule has 1 aromatic carbocycles. The normalized spacial score (nSPS) is 28.6. The first kappa shape index (κ1) is 17.8. The Bertz CT molecular complexity index is 614. The summed E-state index contributed by atoms with van der Waals surface area (Å²) < 4.78 is 5.14. The van der Waals surface area contributed by atoms with Crippen molar-refractivity contribution in [2.45, 2.75) is 57.5 Å². The molecule has 5 nitrogen and oxygen atoms in total. The minimum atomic E-state index is 0.0443. The summed E-state index contributed by atoms with van der Waals surface area (Å²) in [5.74, 6) is 2.06. The topological polar surface area (TPSA) is 67.4 Å². The van der Waals surface area contributed by atoms with Crippen LogP contribution in [0, 0.1) is 11.8 Å². The van der Waals surface area contributed by atoms with Gasteiger partial charge >= 0.3 is 0 Å². The maximum atomic E-state index is 12.4. The zero-order valence-electron chi connectivity index (χ0n) is 15.1. The Morgan fingerprint density at radius 3 is 2.72 bits per heavy atom. The van der Waals surface area contributed by atoms with Crippen molar-refractivity contribution in [2.24, 2.45) is 11.8 Å². The lowest BCUT2D eigenvalue weighted by Gasteiger charge is -2.44. The Balaban J connectivity index is 1.53. The van der Waals surface area contributed by atoms with Gasteiger partial charge in [0.1, 0.15) is 5.75 Å². The molecule has 136 valence electrons. The van der Waals surface area contributed by atoms with Gasteiger partial charge in [-0.3, -0.25) is 9.59 Å². The SMILES string of the molecule is CCC1CC(=O)NC2CC(NC(=O)Cc3ccc(OC)cc3)CCC12. The molecule has 0 spiro atoms. The van der Waals surface area contributed by atoms with Gasteiger partial charge in [-0.05, 0) is 48.8 Å². The van der Waals surface area contributed by atoms with Gasteiger partial charge in [0, 0.05) is 18.5 Å². The Kier molecular flexibility index (Phi) is 5.61. The highest BCUT2D eigenvalue weighted by molar-refractivity contribution is 5.79. The van der Waals surface area contributed by atoms with E-state index >= 15 is 0 Å². The molecule has 2 aliphatic rings. The molecule has 1 aliphatic carbocycles. The van der Waals surface area contributed by atoms with E-state index in [-0.39, 0.29) is 23.9 Å². The highest BCUT2D eigenvalue weighted by Gasteiger charge is 2.40. The van der Waals surface area contributed by atoms with Crippen LogP contribution in [0.1, 0.15) is 44.6 Å². The number of carbonyl (C=O) groups is 2. The van der Waals surface area contributed by atoms with Gasteiger partial charge in [-0.25, -0.2) is 0 Å². The van der Waals surface area contributed by atoms with E-state index in [2.05, 4.69) is 17.6 Å². The van der Waals surface area contributed by atoms with Crippen LogP contribution in [0.25, 0.3) is 0 Å². The molecule has 2 amide bonds. The minimum absolute atomic E-state index is 0.0443. The van der Waals surface area contributed by atoms with Crippen molar-refractivity contribution in [1.82, 2.24) is 10.6 Å². The van der Waals surface area contributed by atoms with Crippen LogP contribution in [0.3, 0.4) is 0 Å². The summed E-state index contributed by atoms with van der Waals surface area (Å²) in [4.78, 5) is 24.3. The van der Waals surface area contributed by atoms with E-state index in [0.29, 0.717) is 24.7 Å². The van der Waals surface area contributed by atoms with Gasteiger partial charge in [-0.2, -0.15) is 0 Å². The number of hydrogen-bond donors (Lipinski definition) is 2. The molecular formula is C20H28N2O3. The molecule has 1 saturated carbocycles. The quantitative estimate of drug-likeness (QED) is 0.862. The number of carbonyl (C=O) groups excluding carboxylic acids is 2. The maximum Gasteiger partial charge on any atom is 0.224 e. The van der Waals surface area contributed by atoms with Crippen molar-refractivity contribution in [2.75, 3.05) is 7.11 Å². The summed E-state index contributed by atoms with van der Waals surface area (Å²) in [5.41, 5.74) is 0.976. The summed E-state index contributed by atoms with van der Waals surface area (Å²) in [6.45, 7) is 2.17. The predicted molar refractivity (Wildman–Crippen MR) is 96.3 cm³/mol. The third-order valence-electron chi connectivity index (χ3n) is 5.72. The van der Waals surface area contributed by atoms with Gasteiger partial charge < -0.3 is 15.4 Å². The second-order valence-electron chi connectivity index (χ2n) is 7.31. The lowest BCUT2D eigenvalue weighted by molar-refractivity contribution is -0.127. The third kappa shape index (κ3) is 4.33. The molecular weight excluding hydrogens is 316 g/mol. The lowest BCUT2D eigenvalue weighted by atomic mass is 9.70. The fourth-order valence-corrected chi connectivity index (χ4v) is 4.37. The Labute approximate surface area is 149 Å². The smallest absolute Gasteiger partial charge is 0.224 e. The van der Waals surface area contributed by atoms with Crippen LogP contribution in [0.15, 0.2) is 24.3 Å². The van der Waals surface area contributed by atoms with Crippen LogP contribution >= 0.6 is 0 Å². The Hall–Kier alpha value is -2.04. The first-order chi connectivity index (χ1) is 12.1. The fourth-order valence-electron chi connectivity index (χ4n) is 4.37. The molecule has 1 heterocycles. The van der Waals surface area contributed by atoms with Crippen LogP contribution in [0.2, 0.25) is 0 Å². The van der Waals surface area contributed by atoms with Crippen molar-refractivity contribution in [3.05, 3.63) is 29.8 Å². The molecule has 2 fully saturated rings. The number of fused-ring (bicyclic) bond motifs is 1. The number of nitrogens with one attached hydrogen (secondary N) is 2. The zero-order chi connectivity index (χ0) is 17.8. The van der Waals surface area contributed by atoms with Crippen LogP contribution in [-0.2, 0) is 16.0 Å². The largest absolute Gasteiger partial charge is 0.497 e. The number of amides is 2. The monoisotopic (exact) mass is 344 g/mol. The molecule has 1 saturated heterocycles. The molecule has 0 radical (unpaired) electrons. The Morgan fingerprint density at radius 1 is 1.28 bits per heavy atom. The highest BCUT2D eigenvalue weighted by Crippen LogP contribution is 2.36. The summed E-state index contributed by atoms with van der Waals surface area (Å²) in [5, 5.41) is 6.30. The molecule has 3 rings (SSSR count). The zero-order valence-corrected chi connectivity index (χ0v) is 15.1. The molecule has 0 bridgehead atoms. The van der Waals surface area contributed by atoms with E-state index in [1.807, 2.05) is 24.3 Å². The number of rotatable bonds is 5. The molecule has 0 aromatic heterocycles. The Morgan fingerprint density at radius 2 is 2.04 bits per heavy atom. The summed E-state index contributed by atoms with van der Waals surface area (Å²) >= 11 is 0. The summed E-state index contributed by atoms with van der Waals surface area (Å²) in [7, 11) is 1.63. The van der Waals surface area contributed by atoms with E-state index in [1.54, 1.807) is 7.11 Å². The van der Waals surface area contributed by atoms with Crippen molar-refractivity contribution >= 4 is 11.8 Å². The van der Waals surface area contributed by atoms with E-state index < -0.39 is 0 Å². The first-order valence-corrected chi connectivity index (χ1v) is 9.30. The molecule has 5 heteroatoms. The van der Waals surface area contributed by atoms with Crippen LogP contribution < -0.4 is 15.4 Å². The van der Waals surface area contributed by atoms with Crippen molar-refractivity contribution in [3.63, 3.8) is 0 Å². The van der Waals surface area contributed by atoms with E-state index in [9.17, 15) is 9.59 Å². The average molecular weight is 344 g/mol. The van der Waals surface area contributed by atoms with Crippen LogP contribution in [-0.4, -0.2) is 31.0 Å². The van der Waals surface area contributed by atoms with Gasteiger partial charge in [0.2, 0.25) is 11.8 Å². The van der Waals surface area contributed by atoms with E-state index in [4.69, 9.17) is 4.74 Å². The molecule has 25 heavy (non-hydrogen) atoms. The van der Waals surface area contributed by atoms with Gasteiger partial charge in [0.25, 0.3) is 0 Å². The molecule has 4 atom stereocenters. The number of ether oxygens (including phenoxy) is 1. The first-order valence-electron chi connectivity index (χ1n) is 9.30. The van der Waals surface area contributed by atoms with Gasteiger partial charge in [-0.15, -0.1) is 0 Å². The van der Waals surface area contributed by atoms with Crippen LogP contribution in [0.5, 0.6) is 5.75 Å². The second-order valence-corrected chi connectivity index (χ2v) is 7.31. The van der Waals surface area contributed by atoms with E-state index in [1.165, 1.54) is 0 Å². The predicted octanol–water partition coefficient (Wildman–Crippen LogP) is 2.44. The van der Waals surface area contributed by atoms with Crippen molar-refractivity contribution in [3.8, 4) is 5.75 Å². The number of piperidine rings is 1. The molecule has 1 aliphatic heterocycles. The van der Waals surface area contributed by atoms with Gasteiger partial charge in [0.15, 0.2) is 0 Å². The minimum Gasteiger partial charge on any atom is -0.497 e. The average Bonchev–Trinajstić information content (AvgIpc) is 2.61. The highest BCUT2D eigenvalue weighted by atomic mass is 16.5. The lowest BCUT2D eigenvalue weighted by Crippen LogP contribution is -2.55. The van der Waals surface area contributed by atoms with Crippen molar-refractivity contribution in [1.29, 1.82) is 0 Å². The summed E-state index contributed by atoms with van der Waals surface area (Å²) in [6, 6.07) is 7.95. The van der Waals surface area contributed by atoms with Gasteiger partial charge in [-0.1, -0.05) is 25.5 Å². The fraction of sp³-hybridized carbons (Fsp3) is 0.600. The second kappa shape index (κ2) is 7.89. The molecule has 1 aromatic rings. The molecule has 2 N–H and O–H groups in total. The van der Waals surface area contributed by atoms with Gasteiger partial charge in [0.05, 0.1) is 13.5 Å². The number of hydrogen-bond acceptors (Lipinski definition) is 3. The van der Waals surface area contributed by atoms with Crippen molar-refractivity contribution < 1.29 is 14.3 Å². The summed E-state index contributed by atoms with van der Waals surface area (Å²) in [6.07, 6.45) is 5.02. The maximum absolute atomic E-state index is 12.4. The standard InChI is InChI=1S/C20H28N2O3/c1-3-14-11-20(24)22-18-12-15(6-9-17(14)18)21-19(23)10-13-4-7-16(25-2)8-5-13/h4-5,7-8,14-15,17-18H,3,6,9-12H2,1-2H3,(H,21,23)(H,22,24). The third-order valence-corrected chi connectivity index (χ3v) is 5.72. The number of methoxy groups -OCH3 is 1. The molecule has 4 unspecified atom stereocenters. The number of benzene rings is 1.